The normalized spacial score (nSPS) is 21.8. The summed E-state index contributed by atoms with van der Waals surface area (Å²) >= 11 is 1.56. The molecule has 32 heavy (non-hydrogen) atoms. The lowest BCUT2D eigenvalue weighted by atomic mass is 10.1. The van der Waals surface area contributed by atoms with Gasteiger partial charge in [0, 0.05) is 37.8 Å². The highest BCUT2D eigenvalue weighted by atomic mass is 32.1. The fourth-order valence-electron chi connectivity index (χ4n) is 4.83. The third-order valence-electron chi connectivity index (χ3n) is 6.71. The van der Waals surface area contributed by atoms with Gasteiger partial charge < -0.3 is 15.5 Å². The van der Waals surface area contributed by atoms with Crippen LogP contribution in [0.3, 0.4) is 0 Å². The van der Waals surface area contributed by atoms with Crippen molar-refractivity contribution in [3.63, 3.8) is 0 Å². The van der Waals surface area contributed by atoms with E-state index in [4.69, 9.17) is 9.97 Å². The Balaban J connectivity index is 1.44. The molecule has 0 aromatic carbocycles. The number of thiazole rings is 1. The van der Waals surface area contributed by atoms with Crippen molar-refractivity contribution in [1.29, 1.82) is 0 Å². The Hall–Kier alpha value is -2.52. The predicted octanol–water partition coefficient (Wildman–Crippen LogP) is 3.47. The number of aromatic amines is 1. The number of nitrogens with zero attached hydrogens (tertiary/aromatic N) is 4. The Labute approximate surface area is 190 Å². The molecule has 3 aromatic heterocycles. The van der Waals surface area contributed by atoms with Crippen LogP contribution < -0.4 is 21.1 Å². The number of pyridine rings is 1. The lowest BCUT2D eigenvalue weighted by Crippen LogP contribution is -2.39. The van der Waals surface area contributed by atoms with Crippen LogP contribution in [0.15, 0.2) is 17.1 Å². The van der Waals surface area contributed by atoms with Crippen molar-refractivity contribution >= 4 is 33.3 Å². The van der Waals surface area contributed by atoms with Gasteiger partial charge in [0.15, 0.2) is 0 Å². The average Bonchev–Trinajstić information content (AvgIpc) is 3.58. The number of fused-ring (bicyclic) bond motifs is 1. The minimum atomic E-state index is -0.119. The SMILES string of the molecule is O=c1[nH]c(N2CCCCC2)nc(N[C@@H]2CCCNC2)c1-c1nc2c(C3CC3)nccc2s1. The second-order valence-electron chi connectivity index (χ2n) is 9.18. The molecule has 0 unspecified atom stereocenters. The van der Waals surface area contributed by atoms with Gasteiger partial charge in [0.25, 0.3) is 5.56 Å². The molecule has 0 spiro atoms. The summed E-state index contributed by atoms with van der Waals surface area (Å²) in [4.78, 5) is 33.2. The number of hydrogen-bond acceptors (Lipinski definition) is 8. The Kier molecular flexibility index (Phi) is 5.30. The summed E-state index contributed by atoms with van der Waals surface area (Å²) in [5.41, 5.74) is 2.45. The minimum absolute atomic E-state index is 0.119. The fourth-order valence-corrected chi connectivity index (χ4v) is 5.84. The molecule has 1 atom stereocenters. The van der Waals surface area contributed by atoms with E-state index in [2.05, 4.69) is 25.5 Å². The zero-order valence-electron chi connectivity index (χ0n) is 18.2. The summed E-state index contributed by atoms with van der Waals surface area (Å²) in [5, 5.41) is 7.76. The van der Waals surface area contributed by atoms with Crippen molar-refractivity contribution in [3.05, 3.63) is 28.3 Å². The molecule has 9 heteroatoms. The molecule has 0 amide bonds. The highest BCUT2D eigenvalue weighted by molar-refractivity contribution is 7.21. The Morgan fingerprint density at radius 2 is 1.97 bits per heavy atom. The molecular weight excluding hydrogens is 422 g/mol. The van der Waals surface area contributed by atoms with Crippen molar-refractivity contribution in [2.75, 3.05) is 36.4 Å². The zero-order chi connectivity index (χ0) is 21.5. The summed E-state index contributed by atoms with van der Waals surface area (Å²) in [6, 6.07) is 2.26. The quantitative estimate of drug-likeness (QED) is 0.546. The topological polar surface area (TPSA) is 98.8 Å². The first-order valence-corrected chi connectivity index (χ1v) is 12.7. The van der Waals surface area contributed by atoms with Crippen LogP contribution >= 0.6 is 11.3 Å². The second-order valence-corrected chi connectivity index (χ2v) is 10.2. The van der Waals surface area contributed by atoms with Gasteiger partial charge in [0.05, 0.1) is 10.4 Å². The van der Waals surface area contributed by atoms with Gasteiger partial charge in [-0.15, -0.1) is 11.3 Å². The molecule has 2 aliphatic heterocycles. The van der Waals surface area contributed by atoms with E-state index in [1.807, 2.05) is 12.3 Å². The standard InChI is InChI=1S/C23H29N7OS/c31-21-17(22-27-19-16(32-22)8-10-25-18(19)14-6-7-14)20(26-15-5-4-9-24-13-15)28-23(29-21)30-11-2-1-3-12-30/h8,10,14-15,24H,1-7,9,11-13H2,(H2,26,28,29,31)/t15-/m1/s1. The molecule has 8 nitrogen and oxygen atoms in total. The summed E-state index contributed by atoms with van der Waals surface area (Å²) < 4.78 is 1.08. The van der Waals surface area contributed by atoms with Crippen molar-refractivity contribution < 1.29 is 0 Å². The van der Waals surface area contributed by atoms with Gasteiger partial charge in [-0.3, -0.25) is 14.8 Å². The smallest absolute Gasteiger partial charge is 0.264 e. The number of rotatable bonds is 5. The minimum Gasteiger partial charge on any atom is -0.365 e. The second kappa shape index (κ2) is 8.44. The Morgan fingerprint density at radius 3 is 2.75 bits per heavy atom. The summed E-state index contributed by atoms with van der Waals surface area (Å²) in [6.45, 7) is 3.79. The van der Waals surface area contributed by atoms with E-state index in [1.54, 1.807) is 11.3 Å². The molecule has 0 bridgehead atoms. The molecule has 1 aliphatic carbocycles. The largest absolute Gasteiger partial charge is 0.365 e. The maximum Gasteiger partial charge on any atom is 0.264 e. The first-order chi connectivity index (χ1) is 15.8. The van der Waals surface area contributed by atoms with Crippen LogP contribution in [0, 0.1) is 0 Å². The molecular formula is C23H29N7OS. The van der Waals surface area contributed by atoms with Crippen LogP contribution in [0.4, 0.5) is 11.8 Å². The summed E-state index contributed by atoms with van der Waals surface area (Å²) in [5.74, 6) is 1.84. The molecule has 3 aromatic rings. The first kappa shape index (κ1) is 20.1. The number of hydrogen-bond donors (Lipinski definition) is 3. The molecule has 1 saturated carbocycles. The monoisotopic (exact) mass is 451 g/mol. The van der Waals surface area contributed by atoms with Crippen LogP contribution in [-0.4, -0.2) is 52.2 Å². The Morgan fingerprint density at radius 1 is 1.09 bits per heavy atom. The molecule has 3 N–H and O–H groups in total. The number of aromatic nitrogens is 4. The Bertz CT molecular complexity index is 1170. The highest BCUT2D eigenvalue weighted by Gasteiger charge is 2.29. The van der Waals surface area contributed by atoms with E-state index < -0.39 is 0 Å². The van der Waals surface area contributed by atoms with Crippen molar-refractivity contribution in [1.82, 2.24) is 25.3 Å². The molecule has 168 valence electrons. The van der Waals surface area contributed by atoms with E-state index in [-0.39, 0.29) is 11.6 Å². The lowest BCUT2D eigenvalue weighted by Gasteiger charge is -2.29. The van der Waals surface area contributed by atoms with E-state index in [0.717, 1.165) is 72.8 Å². The number of piperidine rings is 2. The van der Waals surface area contributed by atoms with E-state index in [0.29, 0.717) is 23.2 Å². The molecule has 3 aliphatic rings. The van der Waals surface area contributed by atoms with Crippen LogP contribution in [-0.2, 0) is 0 Å². The van der Waals surface area contributed by atoms with Gasteiger partial charge in [0.1, 0.15) is 21.9 Å². The predicted molar refractivity (Wildman–Crippen MR) is 129 cm³/mol. The molecule has 0 radical (unpaired) electrons. The fraction of sp³-hybridized carbons (Fsp3) is 0.565. The third-order valence-corrected chi connectivity index (χ3v) is 7.75. The van der Waals surface area contributed by atoms with E-state index >= 15 is 0 Å². The highest BCUT2D eigenvalue weighted by Crippen LogP contribution is 2.43. The maximum absolute atomic E-state index is 13.4. The van der Waals surface area contributed by atoms with E-state index in [1.165, 1.54) is 19.3 Å². The number of anilines is 2. The van der Waals surface area contributed by atoms with Gasteiger partial charge in [-0.25, -0.2) is 4.98 Å². The molecule has 3 fully saturated rings. The summed E-state index contributed by atoms with van der Waals surface area (Å²) in [6.07, 6.45) is 9.90. The molecule has 6 rings (SSSR count). The number of H-pyrrole nitrogens is 1. The van der Waals surface area contributed by atoms with E-state index in [9.17, 15) is 4.79 Å². The van der Waals surface area contributed by atoms with Crippen LogP contribution in [0.1, 0.15) is 56.6 Å². The van der Waals surface area contributed by atoms with Gasteiger partial charge in [-0.2, -0.15) is 4.98 Å². The third kappa shape index (κ3) is 3.88. The van der Waals surface area contributed by atoms with Crippen molar-refractivity contribution in [3.8, 4) is 10.6 Å². The molecule has 2 saturated heterocycles. The van der Waals surface area contributed by atoms with Crippen LogP contribution in [0.5, 0.6) is 0 Å². The average molecular weight is 452 g/mol. The van der Waals surface area contributed by atoms with Gasteiger partial charge >= 0.3 is 0 Å². The van der Waals surface area contributed by atoms with Crippen molar-refractivity contribution in [2.45, 2.75) is 56.9 Å². The maximum atomic E-state index is 13.4. The van der Waals surface area contributed by atoms with Gasteiger partial charge in [0.2, 0.25) is 5.95 Å². The first-order valence-electron chi connectivity index (χ1n) is 11.9. The van der Waals surface area contributed by atoms with Crippen LogP contribution in [0.2, 0.25) is 0 Å². The number of nitrogens with one attached hydrogen (secondary N) is 3. The molecule has 5 heterocycles. The van der Waals surface area contributed by atoms with Gasteiger partial charge in [-0.05, 0) is 57.6 Å². The van der Waals surface area contributed by atoms with Gasteiger partial charge in [-0.1, -0.05) is 0 Å². The lowest BCUT2D eigenvalue weighted by molar-refractivity contribution is 0.479. The van der Waals surface area contributed by atoms with Crippen molar-refractivity contribution in [2.24, 2.45) is 0 Å². The van der Waals surface area contributed by atoms with Crippen LogP contribution in [0.25, 0.3) is 20.8 Å². The summed E-state index contributed by atoms with van der Waals surface area (Å²) in [7, 11) is 0. The zero-order valence-corrected chi connectivity index (χ0v) is 19.0.